The lowest BCUT2D eigenvalue weighted by atomic mass is 10.2. The molecule has 1 aromatic carbocycles. The van der Waals surface area contributed by atoms with E-state index in [1.165, 1.54) is 21.6 Å². The number of nitrogens with zero attached hydrogens (tertiary/aromatic N) is 5. The quantitative estimate of drug-likeness (QED) is 0.587. The van der Waals surface area contributed by atoms with Gasteiger partial charge in [-0.1, -0.05) is 6.07 Å². The van der Waals surface area contributed by atoms with Crippen LogP contribution in [0.5, 0.6) is 0 Å². The fourth-order valence-electron chi connectivity index (χ4n) is 2.35. The molecule has 0 saturated heterocycles. The zero-order valence-electron chi connectivity index (χ0n) is 11.9. The molecular weight excluding hydrogens is 300 g/mol. The van der Waals surface area contributed by atoms with E-state index >= 15 is 0 Å². The second-order valence-electron chi connectivity index (χ2n) is 4.84. The van der Waals surface area contributed by atoms with Crippen LogP contribution in [-0.2, 0) is 7.05 Å². The maximum atomic E-state index is 12.5. The van der Waals surface area contributed by atoms with Gasteiger partial charge in [0.15, 0.2) is 5.58 Å². The number of rotatable bonds is 2. The summed E-state index contributed by atoms with van der Waals surface area (Å²) in [7, 11) is 1.58. The van der Waals surface area contributed by atoms with Crippen molar-refractivity contribution < 1.29 is 9.21 Å². The van der Waals surface area contributed by atoms with Crippen molar-refractivity contribution in [2.45, 2.75) is 0 Å². The minimum Gasteiger partial charge on any atom is -0.407 e. The van der Waals surface area contributed by atoms with E-state index in [0.717, 1.165) is 0 Å². The second kappa shape index (κ2) is 4.77. The van der Waals surface area contributed by atoms with Gasteiger partial charge < -0.3 is 9.73 Å². The van der Waals surface area contributed by atoms with Crippen LogP contribution in [0.4, 0.5) is 5.82 Å². The standard InChI is InChI=1S/C14H10N6O3/c1-19-9-4-2-3-8(11(9)23-14(19)22)12(21)18-10-5-6-15-13-16-7-17-20(10)13/h2-7H,1H3,(H,18,21). The highest BCUT2D eigenvalue weighted by Gasteiger charge is 2.17. The average Bonchev–Trinajstić information content (AvgIpc) is 3.13. The van der Waals surface area contributed by atoms with Crippen molar-refractivity contribution in [3.8, 4) is 0 Å². The van der Waals surface area contributed by atoms with Crippen molar-refractivity contribution in [1.82, 2.24) is 24.1 Å². The van der Waals surface area contributed by atoms with Crippen LogP contribution in [-0.4, -0.2) is 30.1 Å². The SMILES string of the molecule is Cn1c(=O)oc2c(C(=O)Nc3ccnc4ncnn34)cccc21. The maximum Gasteiger partial charge on any atom is 0.419 e. The summed E-state index contributed by atoms with van der Waals surface area (Å²) >= 11 is 0. The fraction of sp³-hybridized carbons (Fsp3) is 0.0714. The summed E-state index contributed by atoms with van der Waals surface area (Å²) in [6, 6.07) is 6.57. The first-order valence-electron chi connectivity index (χ1n) is 6.70. The molecule has 4 aromatic rings. The molecule has 114 valence electrons. The van der Waals surface area contributed by atoms with Crippen LogP contribution in [0.2, 0.25) is 0 Å². The zero-order valence-corrected chi connectivity index (χ0v) is 11.9. The molecule has 3 heterocycles. The van der Waals surface area contributed by atoms with E-state index in [1.807, 2.05) is 0 Å². The lowest BCUT2D eigenvalue weighted by molar-refractivity contribution is 0.102. The summed E-state index contributed by atoms with van der Waals surface area (Å²) in [6.45, 7) is 0. The van der Waals surface area contributed by atoms with Gasteiger partial charge in [-0.25, -0.2) is 9.78 Å². The Kier molecular flexibility index (Phi) is 2.73. The van der Waals surface area contributed by atoms with Gasteiger partial charge in [-0.15, -0.1) is 0 Å². The van der Waals surface area contributed by atoms with Gasteiger partial charge in [0.05, 0.1) is 11.1 Å². The molecule has 0 radical (unpaired) electrons. The molecule has 0 saturated carbocycles. The third-order valence-corrected chi connectivity index (χ3v) is 3.49. The molecule has 0 spiro atoms. The molecule has 9 nitrogen and oxygen atoms in total. The second-order valence-corrected chi connectivity index (χ2v) is 4.84. The Morgan fingerprint density at radius 3 is 3.00 bits per heavy atom. The van der Waals surface area contributed by atoms with Crippen LogP contribution < -0.4 is 11.1 Å². The van der Waals surface area contributed by atoms with Crippen LogP contribution in [0.3, 0.4) is 0 Å². The van der Waals surface area contributed by atoms with Crippen molar-refractivity contribution in [3.63, 3.8) is 0 Å². The van der Waals surface area contributed by atoms with E-state index in [9.17, 15) is 9.59 Å². The van der Waals surface area contributed by atoms with Crippen molar-refractivity contribution >= 4 is 28.6 Å². The highest BCUT2D eigenvalue weighted by atomic mass is 16.4. The fourth-order valence-corrected chi connectivity index (χ4v) is 2.35. The maximum absolute atomic E-state index is 12.5. The van der Waals surface area contributed by atoms with Crippen LogP contribution in [0.1, 0.15) is 10.4 Å². The molecule has 9 heteroatoms. The Morgan fingerprint density at radius 1 is 1.26 bits per heavy atom. The molecule has 0 bridgehead atoms. The predicted molar refractivity (Wildman–Crippen MR) is 80.2 cm³/mol. The van der Waals surface area contributed by atoms with Crippen molar-refractivity contribution in [2.24, 2.45) is 7.05 Å². The number of carbonyl (C=O) groups excluding carboxylic acids is 1. The summed E-state index contributed by atoms with van der Waals surface area (Å²) < 4.78 is 7.90. The predicted octanol–water partition coefficient (Wildman–Crippen LogP) is 0.821. The number of aromatic nitrogens is 5. The number of carbonyl (C=O) groups is 1. The number of amides is 1. The molecule has 0 unspecified atom stereocenters. The summed E-state index contributed by atoms with van der Waals surface area (Å²) in [5, 5.41) is 6.72. The number of para-hydroxylation sites is 1. The number of nitrogens with one attached hydrogen (secondary N) is 1. The van der Waals surface area contributed by atoms with Gasteiger partial charge in [0.25, 0.3) is 11.7 Å². The van der Waals surface area contributed by atoms with Crippen molar-refractivity contribution in [3.05, 3.63) is 52.9 Å². The molecule has 0 aliphatic carbocycles. The Balaban J connectivity index is 1.80. The molecule has 0 atom stereocenters. The van der Waals surface area contributed by atoms with Crippen LogP contribution in [0.15, 0.2) is 46.0 Å². The number of oxazole rings is 1. The number of hydrogen-bond acceptors (Lipinski definition) is 6. The van der Waals surface area contributed by atoms with Crippen LogP contribution in [0.25, 0.3) is 16.9 Å². The van der Waals surface area contributed by atoms with E-state index in [4.69, 9.17) is 4.42 Å². The third-order valence-electron chi connectivity index (χ3n) is 3.49. The molecule has 23 heavy (non-hydrogen) atoms. The molecule has 3 aromatic heterocycles. The smallest absolute Gasteiger partial charge is 0.407 e. The summed E-state index contributed by atoms with van der Waals surface area (Å²) in [6.07, 6.45) is 2.86. The first kappa shape index (κ1) is 13.2. The topological polar surface area (TPSA) is 107 Å². The Bertz CT molecular complexity index is 1110. The Hall–Kier alpha value is -3.49. The normalized spacial score (nSPS) is 11.2. The van der Waals surface area contributed by atoms with E-state index in [1.54, 1.807) is 31.3 Å². The third kappa shape index (κ3) is 1.98. The summed E-state index contributed by atoms with van der Waals surface area (Å²) in [5.74, 6) is -0.171. The molecular formula is C14H10N6O3. The number of anilines is 1. The highest BCUT2D eigenvalue weighted by Crippen LogP contribution is 2.18. The van der Waals surface area contributed by atoms with E-state index in [0.29, 0.717) is 17.1 Å². The first-order chi connectivity index (χ1) is 11.1. The molecule has 0 fully saturated rings. The van der Waals surface area contributed by atoms with Gasteiger partial charge in [-0.3, -0.25) is 9.36 Å². The zero-order chi connectivity index (χ0) is 16.0. The number of hydrogen-bond donors (Lipinski definition) is 1. The van der Waals surface area contributed by atoms with E-state index in [-0.39, 0.29) is 11.1 Å². The highest BCUT2D eigenvalue weighted by molar-refractivity contribution is 6.10. The average molecular weight is 310 g/mol. The minimum atomic E-state index is -0.525. The van der Waals surface area contributed by atoms with Crippen molar-refractivity contribution in [1.29, 1.82) is 0 Å². The lowest BCUT2D eigenvalue weighted by Crippen LogP contribution is -2.15. The van der Waals surface area contributed by atoms with Crippen LogP contribution >= 0.6 is 0 Å². The molecule has 0 aliphatic heterocycles. The van der Waals surface area contributed by atoms with Gasteiger partial charge in [0.2, 0.25) is 0 Å². The van der Waals surface area contributed by atoms with Crippen molar-refractivity contribution in [2.75, 3.05) is 5.32 Å². The van der Waals surface area contributed by atoms with Gasteiger partial charge in [0.1, 0.15) is 12.1 Å². The largest absolute Gasteiger partial charge is 0.419 e. The van der Waals surface area contributed by atoms with Crippen LogP contribution in [0, 0.1) is 0 Å². The Morgan fingerprint density at radius 2 is 2.13 bits per heavy atom. The molecule has 4 rings (SSSR count). The number of aryl methyl sites for hydroxylation is 1. The van der Waals surface area contributed by atoms with Gasteiger partial charge in [0, 0.05) is 13.2 Å². The summed E-state index contributed by atoms with van der Waals surface area (Å²) in [4.78, 5) is 32.2. The number of fused-ring (bicyclic) bond motifs is 2. The molecule has 1 amide bonds. The lowest BCUT2D eigenvalue weighted by Gasteiger charge is -2.06. The monoisotopic (exact) mass is 310 g/mol. The Labute approximate surface area is 128 Å². The molecule has 1 N–H and O–H groups in total. The molecule has 0 aliphatic rings. The summed E-state index contributed by atoms with van der Waals surface area (Å²) in [5.41, 5.74) is 1.04. The van der Waals surface area contributed by atoms with E-state index in [2.05, 4.69) is 20.4 Å². The minimum absolute atomic E-state index is 0.237. The van der Waals surface area contributed by atoms with Gasteiger partial charge in [-0.05, 0) is 18.2 Å². The van der Waals surface area contributed by atoms with Gasteiger partial charge in [-0.2, -0.15) is 14.6 Å². The first-order valence-corrected chi connectivity index (χ1v) is 6.70. The van der Waals surface area contributed by atoms with Gasteiger partial charge >= 0.3 is 5.76 Å². The number of benzene rings is 1. The van der Waals surface area contributed by atoms with E-state index < -0.39 is 11.7 Å².